The van der Waals surface area contributed by atoms with Crippen LogP contribution in [0.1, 0.15) is 103 Å². The average Bonchev–Trinajstić information content (AvgIpc) is 3.48. The smallest absolute Gasteiger partial charge is 0.276 e. The summed E-state index contributed by atoms with van der Waals surface area (Å²) in [7, 11) is 0. The summed E-state index contributed by atoms with van der Waals surface area (Å²) in [4.78, 5) is 14.9. The number of aliphatic hydroxyl groups is 2. The summed E-state index contributed by atoms with van der Waals surface area (Å²) in [6.45, 7) is 17.9. The zero-order valence-corrected chi connectivity index (χ0v) is 24.9. The summed E-state index contributed by atoms with van der Waals surface area (Å²) in [5, 5.41) is 28.9. The second-order valence-corrected chi connectivity index (χ2v) is 13.2. The van der Waals surface area contributed by atoms with Gasteiger partial charge in [-0.05, 0) is 107 Å². The van der Waals surface area contributed by atoms with Crippen molar-refractivity contribution in [1.82, 2.24) is 19.9 Å². The van der Waals surface area contributed by atoms with Crippen LogP contribution in [0, 0.1) is 23.2 Å². The lowest BCUT2D eigenvalue weighted by Crippen LogP contribution is -2.42. The molecule has 39 heavy (non-hydrogen) atoms. The molecule has 0 radical (unpaired) electrons. The van der Waals surface area contributed by atoms with Gasteiger partial charge in [-0.1, -0.05) is 43.4 Å². The van der Waals surface area contributed by atoms with Gasteiger partial charge in [0.2, 0.25) is 0 Å². The van der Waals surface area contributed by atoms with Crippen molar-refractivity contribution in [2.75, 3.05) is 0 Å². The number of nitrogens with zero attached hydrogens (tertiary/aromatic N) is 4. The van der Waals surface area contributed by atoms with E-state index in [1.165, 1.54) is 31.3 Å². The van der Waals surface area contributed by atoms with E-state index in [4.69, 9.17) is 0 Å². The van der Waals surface area contributed by atoms with Crippen LogP contribution in [0.4, 0.5) is 0 Å². The lowest BCUT2D eigenvalue weighted by atomic mass is 9.61. The van der Waals surface area contributed by atoms with Gasteiger partial charge in [0.25, 0.3) is 5.91 Å². The molecule has 0 spiro atoms. The van der Waals surface area contributed by atoms with Crippen molar-refractivity contribution in [3.63, 3.8) is 0 Å². The molecule has 0 saturated heterocycles. The summed E-state index contributed by atoms with van der Waals surface area (Å²) in [5.74, 6) is 1.72. The molecule has 1 aromatic rings. The summed E-state index contributed by atoms with van der Waals surface area (Å²) >= 11 is 0. The Bertz CT molecular complexity index is 1090. The highest BCUT2D eigenvalue weighted by Crippen LogP contribution is 2.59. The van der Waals surface area contributed by atoms with Crippen LogP contribution >= 0.6 is 0 Å². The highest BCUT2D eigenvalue weighted by molar-refractivity contribution is 5.92. The lowest BCUT2D eigenvalue weighted by molar-refractivity contribution is 0.0637. The number of carbonyl (C=O) groups is 1. The number of fused-ring (bicyclic) bond motifs is 1. The molecule has 3 fully saturated rings. The van der Waals surface area contributed by atoms with Crippen molar-refractivity contribution < 1.29 is 15.0 Å². The second kappa shape index (κ2) is 12.1. The SMILES string of the molecule is C=C1/C(=C\C=C2CCC[C@]3(C)[C@@H]([C@H](C)CCn4cc(C(=O)N(C(C)C)C(C)C)nn4)CC[C@@H]23)C[C@H](O)C[C@H]1O. The van der Waals surface area contributed by atoms with Crippen molar-refractivity contribution in [3.8, 4) is 0 Å². The molecule has 0 unspecified atom stereocenters. The molecule has 1 aromatic heterocycles. The van der Waals surface area contributed by atoms with Crippen molar-refractivity contribution in [2.45, 2.75) is 124 Å². The molecule has 1 heterocycles. The molecular formula is C32H50N4O3. The van der Waals surface area contributed by atoms with E-state index in [2.05, 4.69) is 42.9 Å². The Kier molecular flexibility index (Phi) is 9.22. The van der Waals surface area contributed by atoms with Crippen LogP contribution in [-0.4, -0.2) is 60.3 Å². The minimum atomic E-state index is -0.643. The predicted molar refractivity (Wildman–Crippen MR) is 155 cm³/mol. The van der Waals surface area contributed by atoms with Gasteiger partial charge >= 0.3 is 0 Å². The fourth-order valence-electron chi connectivity index (χ4n) is 7.92. The molecule has 1 amide bonds. The third-order valence-electron chi connectivity index (χ3n) is 9.91. The van der Waals surface area contributed by atoms with Gasteiger partial charge in [0.15, 0.2) is 5.69 Å². The Balaban J connectivity index is 1.40. The first-order chi connectivity index (χ1) is 18.4. The number of hydrogen-bond donors (Lipinski definition) is 2. The highest BCUT2D eigenvalue weighted by Gasteiger charge is 2.50. The normalized spacial score (nSPS) is 32.3. The second-order valence-electron chi connectivity index (χ2n) is 13.2. The first-order valence-electron chi connectivity index (χ1n) is 15.1. The van der Waals surface area contributed by atoms with E-state index in [1.54, 1.807) is 0 Å². The van der Waals surface area contributed by atoms with Gasteiger partial charge < -0.3 is 15.1 Å². The fraction of sp³-hybridized carbons (Fsp3) is 0.719. The van der Waals surface area contributed by atoms with Crippen molar-refractivity contribution in [2.24, 2.45) is 23.2 Å². The molecule has 7 nitrogen and oxygen atoms in total. The molecular weight excluding hydrogens is 488 g/mol. The number of hydrogen-bond acceptors (Lipinski definition) is 5. The summed E-state index contributed by atoms with van der Waals surface area (Å²) in [5.41, 5.74) is 3.97. The van der Waals surface area contributed by atoms with Gasteiger partial charge in [-0.3, -0.25) is 9.48 Å². The van der Waals surface area contributed by atoms with Gasteiger partial charge in [-0.2, -0.15) is 0 Å². The Morgan fingerprint density at radius 1 is 1.21 bits per heavy atom. The maximum Gasteiger partial charge on any atom is 0.276 e. The van der Waals surface area contributed by atoms with Gasteiger partial charge in [0, 0.05) is 25.0 Å². The number of aliphatic hydroxyl groups excluding tert-OH is 2. The molecule has 0 aromatic carbocycles. The first kappa shape index (κ1) is 29.7. The average molecular weight is 539 g/mol. The molecule has 216 valence electrons. The fourth-order valence-corrected chi connectivity index (χ4v) is 7.92. The van der Waals surface area contributed by atoms with Gasteiger partial charge in [0.05, 0.1) is 18.4 Å². The number of rotatable bonds is 8. The lowest BCUT2D eigenvalue weighted by Gasteiger charge is -2.44. The predicted octanol–water partition coefficient (Wildman–Crippen LogP) is 5.70. The monoisotopic (exact) mass is 538 g/mol. The molecule has 3 aliphatic rings. The van der Waals surface area contributed by atoms with Crippen LogP contribution in [0.2, 0.25) is 0 Å². The summed E-state index contributed by atoms with van der Waals surface area (Å²) < 4.78 is 1.84. The van der Waals surface area contributed by atoms with Crippen LogP contribution in [0.25, 0.3) is 0 Å². The molecule has 0 bridgehead atoms. The topological polar surface area (TPSA) is 91.5 Å². The number of carbonyl (C=O) groups excluding carboxylic acids is 1. The van der Waals surface area contributed by atoms with Gasteiger partial charge in [-0.15, -0.1) is 5.10 Å². The summed E-state index contributed by atoms with van der Waals surface area (Å²) in [6, 6.07) is 0.230. The molecule has 7 heteroatoms. The zero-order valence-electron chi connectivity index (χ0n) is 24.9. The number of amides is 1. The van der Waals surface area contributed by atoms with E-state index in [1.807, 2.05) is 43.5 Å². The number of allylic oxidation sites excluding steroid dienone is 3. The van der Waals surface area contributed by atoms with Gasteiger partial charge in [-0.25, -0.2) is 0 Å². The van der Waals surface area contributed by atoms with Crippen LogP contribution < -0.4 is 0 Å². The van der Waals surface area contributed by atoms with E-state index in [0.29, 0.717) is 36.3 Å². The van der Waals surface area contributed by atoms with E-state index in [0.717, 1.165) is 30.5 Å². The Morgan fingerprint density at radius 3 is 2.62 bits per heavy atom. The molecule has 3 saturated carbocycles. The third kappa shape index (κ3) is 6.25. The Morgan fingerprint density at radius 2 is 1.92 bits per heavy atom. The Labute approximate surface area is 235 Å². The maximum atomic E-state index is 13.0. The standard InChI is InChI=1S/C32H50N4O3/c1-20(2)36(21(3)4)31(39)29-19-35(34-33-29)16-14-22(5)27-12-13-28-24(9-8-15-32(27,28)7)10-11-25-17-26(37)18-30(38)23(25)6/h10-11,19-22,26-28,30,37-38H,6,8-9,12-18H2,1-5,7H3/b24-10?,25-11-/t22-,26+,27-,28+,30-,32-/m1/s1. The van der Waals surface area contributed by atoms with E-state index < -0.39 is 12.2 Å². The van der Waals surface area contributed by atoms with Crippen molar-refractivity contribution in [1.29, 1.82) is 0 Å². The van der Waals surface area contributed by atoms with Crippen LogP contribution in [-0.2, 0) is 6.54 Å². The maximum absolute atomic E-state index is 13.0. The molecule has 6 atom stereocenters. The largest absolute Gasteiger partial charge is 0.393 e. The first-order valence-corrected chi connectivity index (χ1v) is 15.1. The van der Waals surface area contributed by atoms with Crippen molar-refractivity contribution in [3.05, 3.63) is 47.3 Å². The molecule has 4 rings (SSSR count). The van der Waals surface area contributed by atoms with Gasteiger partial charge in [0.1, 0.15) is 0 Å². The Hall–Kier alpha value is -2.25. The van der Waals surface area contributed by atoms with Crippen molar-refractivity contribution >= 4 is 5.91 Å². The zero-order chi connectivity index (χ0) is 28.5. The molecule has 2 N–H and O–H groups in total. The van der Waals surface area contributed by atoms with Crippen LogP contribution in [0.15, 0.2) is 41.6 Å². The summed E-state index contributed by atoms with van der Waals surface area (Å²) in [6.07, 6.45) is 13.1. The van der Waals surface area contributed by atoms with E-state index in [9.17, 15) is 15.0 Å². The minimum absolute atomic E-state index is 0.0530. The van der Waals surface area contributed by atoms with Crippen LogP contribution in [0.3, 0.4) is 0 Å². The van der Waals surface area contributed by atoms with Crippen LogP contribution in [0.5, 0.6) is 0 Å². The minimum Gasteiger partial charge on any atom is -0.393 e. The quantitative estimate of drug-likeness (QED) is 0.443. The highest BCUT2D eigenvalue weighted by atomic mass is 16.3. The third-order valence-corrected chi connectivity index (χ3v) is 9.91. The van der Waals surface area contributed by atoms with E-state index >= 15 is 0 Å². The van der Waals surface area contributed by atoms with E-state index in [-0.39, 0.29) is 23.4 Å². The number of aryl methyl sites for hydroxylation is 1. The number of aromatic nitrogens is 3. The molecule has 3 aliphatic carbocycles. The molecule has 0 aliphatic heterocycles.